The monoisotopic (exact) mass is 562 g/mol. The Hall–Kier alpha value is -2.88. The minimum Gasteiger partial charge on any atom is -0.326 e. The summed E-state index contributed by atoms with van der Waals surface area (Å²) in [6.07, 6.45) is -2.94. The number of hydrogen-bond acceptors (Lipinski definition) is 2. The van der Waals surface area contributed by atoms with Crippen LogP contribution in [0.1, 0.15) is 33.8 Å². The molecular formula is C24H14Cl3F5N2O2. The van der Waals surface area contributed by atoms with Gasteiger partial charge in [-0.05, 0) is 54.1 Å². The largest absolute Gasteiger partial charge is 0.326 e. The number of anilines is 2. The Morgan fingerprint density at radius 1 is 0.889 bits per heavy atom. The first kappa shape index (κ1) is 26.2. The van der Waals surface area contributed by atoms with Gasteiger partial charge in [-0.15, -0.1) is 23.2 Å². The Balaban J connectivity index is 1.52. The molecule has 4 rings (SSSR count). The van der Waals surface area contributed by atoms with Crippen LogP contribution >= 0.6 is 34.8 Å². The number of amides is 2. The number of alkyl halides is 4. The highest BCUT2D eigenvalue weighted by Gasteiger charge is 2.67. The molecule has 12 heteroatoms. The predicted molar refractivity (Wildman–Crippen MR) is 126 cm³/mol. The third-order valence-corrected chi connectivity index (χ3v) is 6.82. The first-order chi connectivity index (χ1) is 16.9. The van der Waals surface area contributed by atoms with E-state index in [1.807, 2.05) is 0 Å². The van der Waals surface area contributed by atoms with Gasteiger partial charge in [0.1, 0.15) is 21.8 Å². The van der Waals surface area contributed by atoms with Gasteiger partial charge in [-0.25, -0.2) is 22.0 Å². The molecule has 1 fully saturated rings. The van der Waals surface area contributed by atoms with Gasteiger partial charge in [0.15, 0.2) is 0 Å². The van der Waals surface area contributed by atoms with Crippen molar-refractivity contribution in [2.45, 2.75) is 16.7 Å². The van der Waals surface area contributed by atoms with Crippen molar-refractivity contribution in [1.82, 2.24) is 0 Å². The summed E-state index contributed by atoms with van der Waals surface area (Å²) >= 11 is 18.5. The van der Waals surface area contributed by atoms with Gasteiger partial charge in [0, 0.05) is 23.2 Å². The molecule has 36 heavy (non-hydrogen) atoms. The van der Waals surface area contributed by atoms with Crippen LogP contribution in [-0.4, -0.2) is 16.1 Å². The van der Waals surface area contributed by atoms with Crippen LogP contribution < -0.4 is 10.6 Å². The summed E-state index contributed by atoms with van der Waals surface area (Å²) in [6.45, 7) is 0. The fourth-order valence-electron chi connectivity index (χ4n) is 3.79. The fraction of sp³-hybridized carbons (Fsp3) is 0.167. The topological polar surface area (TPSA) is 58.2 Å². The molecule has 4 nitrogen and oxygen atoms in total. The second-order valence-corrected chi connectivity index (χ2v) is 9.86. The highest BCUT2D eigenvalue weighted by molar-refractivity contribution is 6.53. The number of benzene rings is 3. The predicted octanol–water partition coefficient (Wildman–Crippen LogP) is 7.47. The second-order valence-electron chi connectivity index (χ2n) is 8.01. The number of hydrogen-bond donors (Lipinski definition) is 2. The van der Waals surface area contributed by atoms with E-state index in [9.17, 15) is 31.5 Å². The van der Waals surface area contributed by atoms with Crippen molar-refractivity contribution in [3.63, 3.8) is 0 Å². The molecule has 1 aliphatic carbocycles. The van der Waals surface area contributed by atoms with Crippen LogP contribution in [0.25, 0.3) is 0 Å². The van der Waals surface area contributed by atoms with Gasteiger partial charge < -0.3 is 10.6 Å². The Labute approximate surface area is 216 Å². The van der Waals surface area contributed by atoms with E-state index in [-0.39, 0.29) is 27.5 Å². The van der Waals surface area contributed by atoms with Crippen molar-refractivity contribution in [3.05, 3.63) is 93.8 Å². The Morgan fingerprint density at radius 3 is 2.28 bits per heavy atom. The van der Waals surface area contributed by atoms with Gasteiger partial charge in [0.2, 0.25) is 5.91 Å². The van der Waals surface area contributed by atoms with Crippen molar-refractivity contribution < 1.29 is 31.5 Å². The van der Waals surface area contributed by atoms with E-state index in [0.29, 0.717) is 12.1 Å². The maximum atomic E-state index is 13.9. The van der Waals surface area contributed by atoms with Crippen molar-refractivity contribution >= 4 is 58.0 Å². The van der Waals surface area contributed by atoms with E-state index in [2.05, 4.69) is 10.6 Å². The molecule has 188 valence electrons. The zero-order valence-corrected chi connectivity index (χ0v) is 20.0. The standard InChI is InChI=1S/C24H14Cl3F5N2O2/c25-16-3-2-14(9-15(16)22(35)34-18-4-1-12(28)8-17(18)30)33-23(36)20-19(24(20,26)27)10-5-11(21(31)32)7-13(29)6-10/h1-9,19-21H,(H,33,36)(H,34,35)/t19-,20+/m1/s1. The Kier molecular flexibility index (Phi) is 7.19. The van der Waals surface area contributed by atoms with E-state index in [0.717, 1.165) is 24.3 Å². The SMILES string of the molecule is O=C(Nc1ccc(F)cc1F)c1cc(NC(=O)[C@@H]2[C@@H](c3cc(F)cc(C(F)F)c3)C2(Cl)Cl)ccc1Cl. The lowest BCUT2D eigenvalue weighted by Crippen LogP contribution is -2.18. The molecule has 0 radical (unpaired) electrons. The molecule has 0 aliphatic heterocycles. The molecule has 0 saturated heterocycles. The molecule has 0 bridgehead atoms. The van der Waals surface area contributed by atoms with E-state index < -0.39 is 57.4 Å². The minimum atomic E-state index is -2.94. The molecule has 1 saturated carbocycles. The molecule has 0 heterocycles. The van der Waals surface area contributed by atoms with Crippen LogP contribution in [0.3, 0.4) is 0 Å². The van der Waals surface area contributed by atoms with Gasteiger partial charge in [-0.2, -0.15) is 0 Å². The Morgan fingerprint density at radius 2 is 1.61 bits per heavy atom. The summed E-state index contributed by atoms with van der Waals surface area (Å²) < 4.78 is 65.3. The molecule has 2 atom stereocenters. The molecular weight excluding hydrogens is 550 g/mol. The first-order valence-electron chi connectivity index (χ1n) is 10.2. The molecule has 0 aromatic heterocycles. The quantitative estimate of drug-likeness (QED) is 0.241. The minimum absolute atomic E-state index is 0.0272. The molecule has 1 aliphatic rings. The van der Waals surface area contributed by atoms with Crippen LogP contribution in [-0.2, 0) is 4.79 Å². The Bertz CT molecular complexity index is 1370. The van der Waals surface area contributed by atoms with Crippen LogP contribution in [0.5, 0.6) is 0 Å². The summed E-state index contributed by atoms with van der Waals surface area (Å²) in [5.41, 5.74) is -0.879. The maximum Gasteiger partial charge on any atom is 0.263 e. The van der Waals surface area contributed by atoms with Crippen molar-refractivity contribution in [3.8, 4) is 0 Å². The lowest BCUT2D eigenvalue weighted by molar-refractivity contribution is -0.117. The van der Waals surface area contributed by atoms with Gasteiger partial charge in [0.25, 0.3) is 12.3 Å². The van der Waals surface area contributed by atoms with E-state index in [1.54, 1.807) is 0 Å². The molecule has 2 amide bonds. The number of carbonyl (C=O) groups is 2. The fourth-order valence-corrected chi connectivity index (χ4v) is 4.82. The first-order valence-corrected chi connectivity index (χ1v) is 11.3. The van der Waals surface area contributed by atoms with E-state index in [4.69, 9.17) is 34.8 Å². The van der Waals surface area contributed by atoms with Crippen LogP contribution in [0.15, 0.2) is 54.6 Å². The second kappa shape index (κ2) is 9.88. The molecule has 0 unspecified atom stereocenters. The molecule has 3 aromatic rings. The van der Waals surface area contributed by atoms with Crippen molar-refractivity contribution in [2.75, 3.05) is 10.6 Å². The van der Waals surface area contributed by atoms with Gasteiger partial charge in [0.05, 0.1) is 22.2 Å². The number of rotatable bonds is 6. The average molecular weight is 564 g/mol. The normalized spacial score (nSPS) is 18.1. The number of halogens is 8. The summed E-state index contributed by atoms with van der Waals surface area (Å²) in [7, 11) is 0. The van der Waals surface area contributed by atoms with Crippen molar-refractivity contribution in [2.24, 2.45) is 5.92 Å². The zero-order valence-electron chi connectivity index (χ0n) is 17.8. The van der Waals surface area contributed by atoms with Gasteiger partial charge >= 0.3 is 0 Å². The maximum absolute atomic E-state index is 13.9. The highest BCUT2D eigenvalue weighted by atomic mass is 35.5. The summed E-state index contributed by atoms with van der Waals surface area (Å²) in [5, 5.41) is 4.73. The van der Waals surface area contributed by atoms with E-state index in [1.165, 1.54) is 18.2 Å². The summed E-state index contributed by atoms with van der Waals surface area (Å²) in [6, 6.07) is 9.13. The average Bonchev–Trinajstić information content (AvgIpc) is 3.38. The summed E-state index contributed by atoms with van der Waals surface area (Å²) in [5.74, 6) is -6.40. The van der Waals surface area contributed by atoms with Crippen LogP contribution in [0.4, 0.5) is 33.3 Å². The third kappa shape index (κ3) is 5.28. The van der Waals surface area contributed by atoms with E-state index >= 15 is 0 Å². The summed E-state index contributed by atoms with van der Waals surface area (Å²) in [4.78, 5) is 25.5. The van der Waals surface area contributed by atoms with Crippen LogP contribution in [0, 0.1) is 23.4 Å². The van der Waals surface area contributed by atoms with Gasteiger partial charge in [-0.1, -0.05) is 11.6 Å². The lowest BCUT2D eigenvalue weighted by atomic mass is 10.0. The molecule has 2 N–H and O–H groups in total. The zero-order chi connectivity index (χ0) is 26.4. The molecule has 0 spiro atoms. The highest BCUT2D eigenvalue weighted by Crippen LogP contribution is 2.65. The van der Waals surface area contributed by atoms with Crippen LogP contribution in [0.2, 0.25) is 5.02 Å². The van der Waals surface area contributed by atoms with Crippen molar-refractivity contribution in [1.29, 1.82) is 0 Å². The lowest BCUT2D eigenvalue weighted by Gasteiger charge is -2.11. The van der Waals surface area contributed by atoms with Gasteiger partial charge in [-0.3, -0.25) is 9.59 Å². The third-order valence-electron chi connectivity index (χ3n) is 5.55. The molecule has 3 aromatic carbocycles. The number of nitrogens with one attached hydrogen (secondary N) is 2. The number of carbonyl (C=O) groups excluding carboxylic acids is 2. The smallest absolute Gasteiger partial charge is 0.263 e.